The van der Waals surface area contributed by atoms with E-state index in [0.29, 0.717) is 24.2 Å². The normalized spacial score (nSPS) is 18.6. The lowest BCUT2D eigenvalue weighted by Crippen LogP contribution is -2.37. The summed E-state index contributed by atoms with van der Waals surface area (Å²) >= 11 is 0. The van der Waals surface area contributed by atoms with Crippen molar-refractivity contribution < 1.29 is 13.9 Å². The zero-order chi connectivity index (χ0) is 13.8. The largest absolute Gasteiger partial charge is 0.376 e. The Morgan fingerprint density at radius 1 is 1.53 bits per heavy atom. The molecule has 1 amide bonds. The number of hydrogen-bond donors (Lipinski definition) is 0. The molecule has 0 bridgehead atoms. The Labute approximate surface area is 113 Å². The minimum atomic E-state index is -0.309. The predicted octanol–water partition coefficient (Wildman–Crippen LogP) is 2.78. The molecule has 2 rings (SSSR count). The first-order chi connectivity index (χ1) is 9.11. The van der Waals surface area contributed by atoms with Crippen LogP contribution in [0.4, 0.5) is 4.39 Å². The average Bonchev–Trinajstić information content (AvgIpc) is 2.88. The van der Waals surface area contributed by atoms with E-state index in [2.05, 4.69) is 0 Å². The minimum absolute atomic E-state index is 0.0458. The quantitative estimate of drug-likeness (QED) is 0.837. The van der Waals surface area contributed by atoms with Gasteiger partial charge in [-0.3, -0.25) is 4.79 Å². The maximum Gasteiger partial charge on any atom is 0.254 e. The molecule has 104 valence electrons. The van der Waals surface area contributed by atoms with Crippen molar-refractivity contribution in [2.24, 2.45) is 0 Å². The highest BCUT2D eigenvalue weighted by molar-refractivity contribution is 5.95. The Bertz CT molecular complexity index is 455. The van der Waals surface area contributed by atoms with Gasteiger partial charge < -0.3 is 9.64 Å². The molecule has 1 aliphatic rings. The van der Waals surface area contributed by atoms with E-state index < -0.39 is 0 Å². The zero-order valence-corrected chi connectivity index (χ0v) is 11.5. The summed E-state index contributed by atoms with van der Waals surface area (Å²) < 4.78 is 18.6. The van der Waals surface area contributed by atoms with Crippen molar-refractivity contribution in [3.05, 3.63) is 35.1 Å². The van der Waals surface area contributed by atoms with Crippen molar-refractivity contribution in [3.8, 4) is 0 Å². The van der Waals surface area contributed by atoms with Crippen LogP contribution in [-0.4, -0.2) is 36.6 Å². The predicted molar refractivity (Wildman–Crippen MR) is 71.7 cm³/mol. The molecule has 1 fully saturated rings. The number of carbonyl (C=O) groups excluding carboxylic acids is 1. The molecule has 1 atom stereocenters. The van der Waals surface area contributed by atoms with Gasteiger partial charge in [-0.05, 0) is 50.5 Å². The van der Waals surface area contributed by atoms with Gasteiger partial charge in [0.05, 0.1) is 6.10 Å². The van der Waals surface area contributed by atoms with E-state index >= 15 is 0 Å². The van der Waals surface area contributed by atoms with Crippen molar-refractivity contribution in [3.63, 3.8) is 0 Å². The lowest BCUT2D eigenvalue weighted by molar-refractivity contribution is 0.0538. The zero-order valence-electron chi connectivity index (χ0n) is 11.5. The second-order valence-electron chi connectivity index (χ2n) is 4.94. The highest BCUT2D eigenvalue weighted by atomic mass is 19.1. The summed E-state index contributed by atoms with van der Waals surface area (Å²) in [4.78, 5) is 14.2. The number of halogens is 1. The van der Waals surface area contributed by atoms with Gasteiger partial charge in [0.25, 0.3) is 5.91 Å². The van der Waals surface area contributed by atoms with Gasteiger partial charge in [-0.2, -0.15) is 0 Å². The fourth-order valence-electron chi connectivity index (χ4n) is 2.43. The lowest BCUT2D eigenvalue weighted by Gasteiger charge is -2.24. The number of rotatable bonds is 4. The van der Waals surface area contributed by atoms with Crippen LogP contribution >= 0.6 is 0 Å². The molecular weight excluding hydrogens is 245 g/mol. The average molecular weight is 265 g/mol. The van der Waals surface area contributed by atoms with Gasteiger partial charge in [-0.1, -0.05) is 0 Å². The third kappa shape index (κ3) is 3.32. The van der Waals surface area contributed by atoms with Crippen LogP contribution in [0.2, 0.25) is 0 Å². The first-order valence-electron chi connectivity index (χ1n) is 6.79. The number of carbonyl (C=O) groups is 1. The Balaban J connectivity index is 2.10. The summed E-state index contributed by atoms with van der Waals surface area (Å²) in [6, 6.07) is 4.29. The molecule has 1 aromatic carbocycles. The van der Waals surface area contributed by atoms with Crippen LogP contribution < -0.4 is 0 Å². The van der Waals surface area contributed by atoms with Crippen molar-refractivity contribution in [2.45, 2.75) is 32.8 Å². The molecule has 0 aromatic heterocycles. The third-order valence-electron chi connectivity index (χ3n) is 3.54. The van der Waals surface area contributed by atoms with Crippen LogP contribution in [0.15, 0.2) is 18.2 Å². The van der Waals surface area contributed by atoms with Crippen LogP contribution in [0.5, 0.6) is 0 Å². The first-order valence-corrected chi connectivity index (χ1v) is 6.79. The summed E-state index contributed by atoms with van der Waals surface area (Å²) in [7, 11) is 0. The van der Waals surface area contributed by atoms with Gasteiger partial charge in [0, 0.05) is 25.3 Å². The number of benzene rings is 1. The molecule has 19 heavy (non-hydrogen) atoms. The Morgan fingerprint density at radius 2 is 2.32 bits per heavy atom. The van der Waals surface area contributed by atoms with Gasteiger partial charge in [0.1, 0.15) is 5.82 Å². The smallest absolute Gasteiger partial charge is 0.254 e. The molecule has 1 heterocycles. The van der Waals surface area contributed by atoms with E-state index in [1.165, 1.54) is 12.1 Å². The van der Waals surface area contributed by atoms with Crippen molar-refractivity contribution in [2.75, 3.05) is 19.7 Å². The van der Waals surface area contributed by atoms with E-state index in [9.17, 15) is 9.18 Å². The monoisotopic (exact) mass is 265 g/mol. The molecule has 1 unspecified atom stereocenters. The van der Waals surface area contributed by atoms with Gasteiger partial charge in [0.2, 0.25) is 0 Å². The van der Waals surface area contributed by atoms with Gasteiger partial charge in [-0.25, -0.2) is 4.39 Å². The first kappa shape index (κ1) is 14.0. The second kappa shape index (κ2) is 6.15. The highest BCUT2D eigenvalue weighted by Gasteiger charge is 2.23. The summed E-state index contributed by atoms with van der Waals surface area (Å²) in [5.74, 6) is -0.355. The Kier molecular flexibility index (Phi) is 4.53. The van der Waals surface area contributed by atoms with Gasteiger partial charge in [0.15, 0.2) is 0 Å². The Morgan fingerprint density at radius 3 is 2.89 bits per heavy atom. The number of aryl methyl sites for hydroxylation is 1. The second-order valence-corrected chi connectivity index (χ2v) is 4.94. The molecule has 4 heteroatoms. The van der Waals surface area contributed by atoms with E-state index in [1.54, 1.807) is 17.9 Å². The molecule has 0 saturated carbocycles. The van der Waals surface area contributed by atoms with E-state index in [-0.39, 0.29) is 17.8 Å². The summed E-state index contributed by atoms with van der Waals surface area (Å²) in [6.45, 7) is 5.75. The third-order valence-corrected chi connectivity index (χ3v) is 3.54. The van der Waals surface area contributed by atoms with Crippen LogP contribution in [0, 0.1) is 12.7 Å². The Hall–Kier alpha value is -1.42. The summed E-state index contributed by atoms with van der Waals surface area (Å²) in [5, 5.41) is 0. The van der Waals surface area contributed by atoms with Crippen LogP contribution in [0.25, 0.3) is 0 Å². The number of ether oxygens (including phenoxy) is 1. The van der Waals surface area contributed by atoms with E-state index in [0.717, 1.165) is 19.4 Å². The number of likely N-dealkylation sites (N-methyl/N-ethyl adjacent to an activating group) is 1. The van der Waals surface area contributed by atoms with Gasteiger partial charge >= 0.3 is 0 Å². The van der Waals surface area contributed by atoms with Crippen molar-refractivity contribution in [1.29, 1.82) is 0 Å². The molecule has 0 spiro atoms. The van der Waals surface area contributed by atoms with E-state index in [4.69, 9.17) is 4.74 Å². The standard InChI is InChI=1S/C15H20FNO2/c1-3-17(10-13-5-4-8-19-13)15(18)14-7-6-12(16)9-11(14)2/h6-7,9,13H,3-5,8,10H2,1-2H3. The maximum atomic E-state index is 13.1. The molecular formula is C15H20FNO2. The maximum absolute atomic E-state index is 13.1. The minimum Gasteiger partial charge on any atom is -0.376 e. The molecule has 1 aliphatic heterocycles. The fourth-order valence-corrected chi connectivity index (χ4v) is 2.43. The molecule has 0 N–H and O–H groups in total. The van der Waals surface area contributed by atoms with Crippen LogP contribution in [0.1, 0.15) is 35.7 Å². The molecule has 0 aliphatic carbocycles. The van der Waals surface area contributed by atoms with Crippen LogP contribution in [-0.2, 0) is 4.74 Å². The number of amides is 1. The highest BCUT2D eigenvalue weighted by Crippen LogP contribution is 2.17. The molecule has 0 radical (unpaired) electrons. The van der Waals surface area contributed by atoms with Gasteiger partial charge in [-0.15, -0.1) is 0 Å². The molecule has 3 nitrogen and oxygen atoms in total. The number of nitrogens with zero attached hydrogens (tertiary/aromatic N) is 1. The van der Waals surface area contributed by atoms with Crippen molar-refractivity contribution in [1.82, 2.24) is 4.90 Å². The molecule has 1 aromatic rings. The van der Waals surface area contributed by atoms with E-state index in [1.807, 2.05) is 6.92 Å². The molecule has 1 saturated heterocycles. The summed E-state index contributed by atoms with van der Waals surface area (Å²) in [6.07, 6.45) is 2.21. The SMILES string of the molecule is CCN(CC1CCCO1)C(=O)c1ccc(F)cc1C. The number of hydrogen-bond acceptors (Lipinski definition) is 2. The topological polar surface area (TPSA) is 29.5 Å². The fraction of sp³-hybridized carbons (Fsp3) is 0.533. The van der Waals surface area contributed by atoms with Crippen molar-refractivity contribution >= 4 is 5.91 Å². The summed E-state index contributed by atoms with van der Waals surface area (Å²) in [5.41, 5.74) is 1.25. The van der Waals surface area contributed by atoms with Crippen LogP contribution in [0.3, 0.4) is 0 Å². The lowest BCUT2D eigenvalue weighted by atomic mass is 10.1.